The molecule has 0 aliphatic carbocycles. The Bertz CT molecular complexity index is 57.1. The number of hydrogen-bond acceptors (Lipinski definition) is 0. The maximum Gasteiger partial charge on any atom is -0.0417 e. The van der Waals surface area contributed by atoms with Gasteiger partial charge in [0, 0.05) is 0 Å². The summed E-state index contributed by atoms with van der Waals surface area (Å²) in [4.78, 5) is 0. The largest absolute Gasteiger partial charge is 0.0683 e. The molecule has 0 aromatic heterocycles. The minimum atomic E-state index is 1.02. The lowest BCUT2D eigenvalue weighted by Crippen LogP contribution is -1.97. The molecular weight excluding hydrogens is 144 g/mol. The Morgan fingerprint density at radius 2 is 1.42 bits per heavy atom. The lowest BCUT2D eigenvalue weighted by molar-refractivity contribution is 0.417. The van der Waals surface area contributed by atoms with Crippen LogP contribution in [0.4, 0.5) is 0 Å². The van der Waals surface area contributed by atoms with Gasteiger partial charge in [0.15, 0.2) is 0 Å². The molecule has 0 heterocycles. The molecular formula is C12H28. The van der Waals surface area contributed by atoms with Gasteiger partial charge in [0.05, 0.1) is 0 Å². The average molecular weight is 172 g/mol. The van der Waals surface area contributed by atoms with Crippen molar-refractivity contribution in [2.45, 2.75) is 73.1 Å². The Hall–Kier alpha value is 0. The quantitative estimate of drug-likeness (QED) is 0.527. The fraction of sp³-hybridized carbons (Fsp3) is 1.00. The van der Waals surface area contributed by atoms with Crippen LogP contribution in [0.5, 0.6) is 0 Å². The molecule has 0 radical (unpaired) electrons. The van der Waals surface area contributed by atoms with Crippen molar-refractivity contribution >= 4 is 0 Å². The molecule has 76 valence electrons. The third kappa shape index (κ3) is 10.0. The van der Waals surface area contributed by atoms with Crippen molar-refractivity contribution in [1.29, 1.82) is 0 Å². The lowest BCUT2D eigenvalue weighted by atomic mass is 9.95. The Morgan fingerprint density at radius 3 is 1.75 bits per heavy atom. The SMILES string of the molecule is CC.CCCCC(CC)CCC. The van der Waals surface area contributed by atoms with E-state index in [4.69, 9.17) is 0 Å². The van der Waals surface area contributed by atoms with Gasteiger partial charge in [-0.15, -0.1) is 0 Å². The molecule has 0 rings (SSSR count). The molecule has 0 bridgehead atoms. The summed E-state index contributed by atoms with van der Waals surface area (Å²) in [7, 11) is 0. The standard InChI is InChI=1S/C10H22.C2H6/c1-4-7-9-10(6-3)8-5-2;1-2/h10H,4-9H2,1-3H3;1-2H3. The van der Waals surface area contributed by atoms with E-state index in [0.717, 1.165) is 5.92 Å². The number of unbranched alkanes of at least 4 members (excludes halogenated alkanes) is 1. The molecule has 0 aromatic rings. The van der Waals surface area contributed by atoms with Gasteiger partial charge in [-0.2, -0.15) is 0 Å². The molecule has 1 atom stereocenters. The highest BCUT2D eigenvalue weighted by Crippen LogP contribution is 2.17. The third-order valence-electron chi connectivity index (χ3n) is 2.24. The second kappa shape index (κ2) is 13.6. The van der Waals surface area contributed by atoms with E-state index in [9.17, 15) is 0 Å². The van der Waals surface area contributed by atoms with Gasteiger partial charge in [-0.25, -0.2) is 0 Å². The van der Waals surface area contributed by atoms with Crippen LogP contribution in [0.1, 0.15) is 73.1 Å². The molecule has 0 saturated carbocycles. The lowest BCUT2D eigenvalue weighted by Gasteiger charge is -2.11. The van der Waals surface area contributed by atoms with Crippen LogP contribution in [-0.4, -0.2) is 0 Å². The van der Waals surface area contributed by atoms with Crippen LogP contribution in [0.25, 0.3) is 0 Å². The molecule has 0 aliphatic rings. The molecule has 0 fully saturated rings. The summed E-state index contributed by atoms with van der Waals surface area (Å²) in [6.45, 7) is 10.9. The molecule has 1 unspecified atom stereocenters. The highest BCUT2D eigenvalue weighted by atomic mass is 14.1. The van der Waals surface area contributed by atoms with Crippen LogP contribution >= 0.6 is 0 Å². The van der Waals surface area contributed by atoms with Crippen molar-refractivity contribution in [3.05, 3.63) is 0 Å². The van der Waals surface area contributed by atoms with Crippen LogP contribution in [0, 0.1) is 5.92 Å². The summed E-state index contributed by atoms with van der Waals surface area (Å²) in [5.74, 6) is 1.02. The van der Waals surface area contributed by atoms with E-state index in [-0.39, 0.29) is 0 Å². The molecule has 0 heteroatoms. The van der Waals surface area contributed by atoms with E-state index in [0.29, 0.717) is 0 Å². The van der Waals surface area contributed by atoms with Crippen molar-refractivity contribution in [2.75, 3.05) is 0 Å². The molecule has 0 nitrogen and oxygen atoms in total. The van der Waals surface area contributed by atoms with Gasteiger partial charge >= 0.3 is 0 Å². The van der Waals surface area contributed by atoms with Gasteiger partial charge in [0.1, 0.15) is 0 Å². The highest BCUT2D eigenvalue weighted by molar-refractivity contribution is 4.55. The van der Waals surface area contributed by atoms with Crippen molar-refractivity contribution in [3.63, 3.8) is 0 Å². The summed E-state index contributed by atoms with van der Waals surface area (Å²) in [6.07, 6.45) is 8.44. The topological polar surface area (TPSA) is 0 Å². The monoisotopic (exact) mass is 172 g/mol. The zero-order valence-electron chi connectivity index (χ0n) is 9.82. The Morgan fingerprint density at radius 1 is 0.833 bits per heavy atom. The van der Waals surface area contributed by atoms with Gasteiger partial charge in [0.25, 0.3) is 0 Å². The van der Waals surface area contributed by atoms with Crippen LogP contribution < -0.4 is 0 Å². The van der Waals surface area contributed by atoms with Crippen molar-refractivity contribution in [1.82, 2.24) is 0 Å². The highest BCUT2D eigenvalue weighted by Gasteiger charge is 2.02. The molecule has 12 heavy (non-hydrogen) atoms. The van der Waals surface area contributed by atoms with Gasteiger partial charge in [-0.1, -0.05) is 73.1 Å². The maximum absolute atomic E-state index is 2.32. The summed E-state index contributed by atoms with van der Waals surface area (Å²) in [5, 5.41) is 0. The zero-order chi connectivity index (χ0) is 9.82. The van der Waals surface area contributed by atoms with Gasteiger partial charge < -0.3 is 0 Å². The first kappa shape index (κ1) is 14.5. The Balaban J connectivity index is 0. The first-order chi connectivity index (χ1) is 5.85. The van der Waals surface area contributed by atoms with Crippen LogP contribution in [0.2, 0.25) is 0 Å². The normalized spacial score (nSPS) is 11.8. The number of rotatable bonds is 6. The first-order valence-corrected chi connectivity index (χ1v) is 5.85. The molecule has 0 saturated heterocycles. The van der Waals surface area contributed by atoms with E-state index in [1.165, 1.54) is 38.5 Å². The minimum absolute atomic E-state index is 1.02. The predicted molar refractivity (Wildman–Crippen MR) is 59.6 cm³/mol. The van der Waals surface area contributed by atoms with E-state index in [2.05, 4.69) is 20.8 Å². The van der Waals surface area contributed by atoms with Crippen LogP contribution in [0.3, 0.4) is 0 Å². The van der Waals surface area contributed by atoms with Crippen LogP contribution in [0.15, 0.2) is 0 Å². The molecule has 0 spiro atoms. The predicted octanol–water partition coefficient (Wildman–Crippen LogP) is 5.03. The second-order valence-corrected chi connectivity index (χ2v) is 3.21. The summed E-state index contributed by atoms with van der Waals surface area (Å²) < 4.78 is 0. The molecule has 0 aromatic carbocycles. The molecule has 0 amide bonds. The van der Waals surface area contributed by atoms with Crippen molar-refractivity contribution in [3.8, 4) is 0 Å². The van der Waals surface area contributed by atoms with E-state index >= 15 is 0 Å². The number of hydrogen-bond donors (Lipinski definition) is 0. The summed E-state index contributed by atoms with van der Waals surface area (Å²) >= 11 is 0. The Labute approximate surface area is 79.8 Å². The first-order valence-electron chi connectivity index (χ1n) is 5.85. The van der Waals surface area contributed by atoms with Crippen molar-refractivity contribution < 1.29 is 0 Å². The maximum atomic E-state index is 2.32. The van der Waals surface area contributed by atoms with Gasteiger partial charge in [-0.05, 0) is 5.92 Å². The average Bonchev–Trinajstić information content (AvgIpc) is 2.15. The third-order valence-corrected chi connectivity index (χ3v) is 2.24. The summed E-state index contributed by atoms with van der Waals surface area (Å²) in [5.41, 5.74) is 0. The van der Waals surface area contributed by atoms with Gasteiger partial charge in [0.2, 0.25) is 0 Å². The second-order valence-electron chi connectivity index (χ2n) is 3.21. The van der Waals surface area contributed by atoms with E-state index in [1.807, 2.05) is 13.8 Å². The smallest absolute Gasteiger partial charge is 0.0417 e. The van der Waals surface area contributed by atoms with Crippen LogP contribution in [-0.2, 0) is 0 Å². The fourth-order valence-corrected chi connectivity index (χ4v) is 1.45. The summed E-state index contributed by atoms with van der Waals surface area (Å²) in [6, 6.07) is 0. The molecule has 0 aliphatic heterocycles. The van der Waals surface area contributed by atoms with Gasteiger partial charge in [-0.3, -0.25) is 0 Å². The zero-order valence-corrected chi connectivity index (χ0v) is 9.82. The van der Waals surface area contributed by atoms with E-state index in [1.54, 1.807) is 0 Å². The Kier molecular flexibility index (Phi) is 16.4. The molecule has 0 N–H and O–H groups in total. The minimum Gasteiger partial charge on any atom is -0.0683 e. The van der Waals surface area contributed by atoms with E-state index < -0.39 is 0 Å². The van der Waals surface area contributed by atoms with Crippen molar-refractivity contribution in [2.24, 2.45) is 5.92 Å². The fourth-order valence-electron chi connectivity index (χ4n) is 1.45.